The number of hydrogen-bond donors (Lipinski definition) is 1. The molecule has 3 heteroatoms. The van der Waals surface area contributed by atoms with Gasteiger partial charge in [-0.1, -0.05) is 6.92 Å². The topological polar surface area (TPSA) is 15.3 Å². The fraction of sp³-hybridized carbons (Fsp3) is 1.00. The number of piperidine rings is 1. The molecule has 2 aliphatic rings. The van der Waals surface area contributed by atoms with E-state index in [1.807, 2.05) is 0 Å². The van der Waals surface area contributed by atoms with Gasteiger partial charge in [-0.25, -0.2) is 0 Å². The Morgan fingerprint density at radius 3 is 2.88 bits per heavy atom. The lowest BCUT2D eigenvalue weighted by Gasteiger charge is -2.41. The van der Waals surface area contributed by atoms with E-state index in [1.54, 1.807) is 0 Å². The van der Waals surface area contributed by atoms with Crippen LogP contribution in [0.2, 0.25) is 0 Å². The number of rotatable bonds is 4. The third-order valence-corrected chi connectivity index (χ3v) is 5.13. The molecule has 2 saturated heterocycles. The first-order valence-electron chi connectivity index (χ1n) is 6.88. The molecular formula is C13H26N2S. The molecule has 2 aliphatic heterocycles. The van der Waals surface area contributed by atoms with Gasteiger partial charge in [0.15, 0.2) is 0 Å². The van der Waals surface area contributed by atoms with Gasteiger partial charge in [-0.2, -0.15) is 11.8 Å². The minimum atomic E-state index is 0.778. The van der Waals surface area contributed by atoms with E-state index in [9.17, 15) is 0 Å². The van der Waals surface area contributed by atoms with E-state index in [-0.39, 0.29) is 0 Å². The van der Waals surface area contributed by atoms with Crippen LogP contribution in [0.25, 0.3) is 0 Å². The molecule has 2 fully saturated rings. The Balaban J connectivity index is 1.78. The van der Waals surface area contributed by atoms with E-state index in [2.05, 4.69) is 35.8 Å². The quantitative estimate of drug-likeness (QED) is 0.814. The first-order valence-corrected chi connectivity index (χ1v) is 8.03. The Kier molecular flexibility index (Phi) is 4.98. The Labute approximate surface area is 105 Å². The molecule has 0 radical (unpaired) electrons. The zero-order valence-electron chi connectivity index (χ0n) is 10.7. The van der Waals surface area contributed by atoms with Gasteiger partial charge < -0.3 is 5.32 Å². The van der Waals surface area contributed by atoms with Crippen LogP contribution in [0.3, 0.4) is 0 Å². The smallest absolute Gasteiger partial charge is 0.0197 e. The molecule has 2 nitrogen and oxygen atoms in total. The van der Waals surface area contributed by atoms with Crippen LogP contribution >= 0.6 is 11.8 Å². The lowest BCUT2D eigenvalue weighted by atomic mass is 9.96. The van der Waals surface area contributed by atoms with E-state index in [0.29, 0.717) is 0 Å². The summed E-state index contributed by atoms with van der Waals surface area (Å²) < 4.78 is 0. The van der Waals surface area contributed by atoms with Gasteiger partial charge in [0.05, 0.1) is 0 Å². The second-order valence-electron chi connectivity index (χ2n) is 5.28. The summed E-state index contributed by atoms with van der Waals surface area (Å²) in [5, 5.41) is 3.68. The molecule has 1 N–H and O–H groups in total. The van der Waals surface area contributed by atoms with Gasteiger partial charge in [-0.15, -0.1) is 0 Å². The molecule has 3 unspecified atom stereocenters. The van der Waals surface area contributed by atoms with Crippen LogP contribution in [-0.2, 0) is 0 Å². The predicted octanol–water partition coefficient (Wildman–Crippen LogP) is 2.34. The van der Waals surface area contributed by atoms with Crippen LogP contribution in [0.1, 0.15) is 39.5 Å². The molecule has 0 aromatic carbocycles. The maximum absolute atomic E-state index is 3.68. The molecule has 94 valence electrons. The molecular weight excluding hydrogens is 216 g/mol. The van der Waals surface area contributed by atoms with Crippen LogP contribution in [0.15, 0.2) is 0 Å². The molecule has 2 rings (SSSR count). The Morgan fingerprint density at radius 1 is 1.38 bits per heavy atom. The largest absolute Gasteiger partial charge is 0.314 e. The third-order valence-electron chi connectivity index (χ3n) is 3.99. The lowest BCUT2D eigenvalue weighted by Crippen LogP contribution is -2.51. The zero-order chi connectivity index (χ0) is 11.4. The average molecular weight is 242 g/mol. The molecule has 3 atom stereocenters. The summed E-state index contributed by atoms with van der Waals surface area (Å²) in [5.74, 6) is 2.75. The minimum absolute atomic E-state index is 0.778. The number of nitrogens with zero attached hydrogens (tertiary/aromatic N) is 1. The summed E-state index contributed by atoms with van der Waals surface area (Å²) in [4.78, 5) is 2.77. The van der Waals surface area contributed by atoms with Gasteiger partial charge in [0, 0.05) is 30.4 Å². The van der Waals surface area contributed by atoms with Crippen molar-refractivity contribution in [1.29, 1.82) is 0 Å². The van der Waals surface area contributed by atoms with Gasteiger partial charge in [0.2, 0.25) is 0 Å². The molecule has 0 aromatic rings. The molecule has 0 aliphatic carbocycles. The fourth-order valence-corrected chi connectivity index (χ4v) is 4.29. The second-order valence-corrected chi connectivity index (χ2v) is 6.43. The maximum Gasteiger partial charge on any atom is 0.0197 e. The predicted molar refractivity (Wildman–Crippen MR) is 73.2 cm³/mol. The molecule has 0 spiro atoms. The normalized spacial score (nSPS) is 36.8. The van der Waals surface area contributed by atoms with Crippen LogP contribution in [-0.4, -0.2) is 47.6 Å². The number of hydrogen-bond acceptors (Lipinski definition) is 3. The Morgan fingerprint density at radius 2 is 2.25 bits per heavy atom. The first-order chi connectivity index (χ1) is 7.81. The third kappa shape index (κ3) is 3.14. The minimum Gasteiger partial charge on any atom is -0.314 e. The van der Waals surface area contributed by atoms with Gasteiger partial charge >= 0.3 is 0 Å². The number of likely N-dealkylation sites (tertiary alicyclic amines) is 1. The summed E-state index contributed by atoms with van der Waals surface area (Å²) in [6.45, 7) is 7.18. The van der Waals surface area contributed by atoms with Crippen molar-refractivity contribution in [2.75, 3.05) is 24.6 Å². The second kappa shape index (κ2) is 6.27. The van der Waals surface area contributed by atoms with E-state index < -0.39 is 0 Å². The van der Waals surface area contributed by atoms with Crippen molar-refractivity contribution in [1.82, 2.24) is 10.2 Å². The summed E-state index contributed by atoms with van der Waals surface area (Å²) in [6.07, 6.45) is 5.38. The van der Waals surface area contributed by atoms with E-state index >= 15 is 0 Å². The Bertz CT molecular complexity index is 204. The average Bonchev–Trinajstić information content (AvgIpc) is 2.80. The van der Waals surface area contributed by atoms with Gasteiger partial charge in [0.25, 0.3) is 0 Å². The van der Waals surface area contributed by atoms with Crippen molar-refractivity contribution in [2.24, 2.45) is 0 Å². The summed E-state index contributed by atoms with van der Waals surface area (Å²) >= 11 is 2.14. The van der Waals surface area contributed by atoms with Crippen molar-refractivity contribution in [2.45, 2.75) is 57.7 Å². The van der Waals surface area contributed by atoms with Crippen LogP contribution in [0.4, 0.5) is 0 Å². The van der Waals surface area contributed by atoms with E-state index in [4.69, 9.17) is 0 Å². The zero-order valence-corrected chi connectivity index (χ0v) is 11.6. The number of nitrogens with one attached hydrogen (secondary N) is 1. The molecule has 0 saturated carbocycles. The van der Waals surface area contributed by atoms with Gasteiger partial charge in [-0.05, 0) is 44.9 Å². The Hall–Kier alpha value is 0.270. The lowest BCUT2D eigenvalue weighted by molar-refractivity contribution is 0.0987. The summed E-state index contributed by atoms with van der Waals surface area (Å²) in [7, 11) is 0. The summed E-state index contributed by atoms with van der Waals surface area (Å²) in [6, 6.07) is 2.44. The monoisotopic (exact) mass is 242 g/mol. The highest BCUT2D eigenvalue weighted by Crippen LogP contribution is 2.28. The molecule has 2 heterocycles. The van der Waals surface area contributed by atoms with Crippen molar-refractivity contribution < 1.29 is 0 Å². The summed E-state index contributed by atoms with van der Waals surface area (Å²) in [5.41, 5.74) is 0. The van der Waals surface area contributed by atoms with Crippen LogP contribution < -0.4 is 5.32 Å². The van der Waals surface area contributed by atoms with Crippen molar-refractivity contribution in [3.8, 4) is 0 Å². The fourth-order valence-electron chi connectivity index (χ4n) is 3.05. The van der Waals surface area contributed by atoms with Crippen LogP contribution in [0, 0.1) is 0 Å². The highest BCUT2D eigenvalue weighted by molar-refractivity contribution is 7.99. The maximum atomic E-state index is 3.68. The molecule has 16 heavy (non-hydrogen) atoms. The highest BCUT2D eigenvalue weighted by Gasteiger charge is 2.31. The van der Waals surface area contributed by atoms with E-state index in [0.717, 1.165) is 18.1 Å². The van der Waals surface area contributed by atoms with Gasteiger partial charge in [-0.3, -0.25) is 4.90 Å². The number of thioether (sulfide) groups is 1. The van der Waals surface area contributed by atoms with Crippen LogP contribution in [0.5, 0.6) is 0 Å². The van der Waals surface area contributed by atoms with Crippen molar-refractivity contribution in [3.63, 3.8) is 0 Å². The SMILES string of the molecule is CCCNC1CCN(C2CCSC2)C(C)C1. The van der Waals surface area contributed by atoms with Gasteiger partial charge in [0.1, 0.15) is 0 Å². The molecule has 0 bridgehead atoms. The highest BCUT2D eigenvalue weighted by atomic mass is 32.2. The molecule has 0 aromatic heterocycles. The van der Waals surface area contributed by atoms with Crippen molar-refractivity contribution >= 4 is 11.8 Å². The standard InChI is InChI=1S/C13H26N2S/c1-3-6-14-12-4-7-15(11(2)9-12)13-5-8-16-10-13/h11-14H,3-10H2,1-2H3. The first kappa shape index (κ1) is 12.7. The molecule has 0 amide bonds. The van der Waals surface area contributed by atoms with E-state index in [1.165, 1.54) is 50.3 Å². The van der Waals surface area contributed by atoms with Crippen molar-refractivity contribution in [3.05, 3.63) is 0 Å².